The second-order valence-electron chi connectivity index (χ2n) is 5.29. The molecule has 2 aromatic rings. The zero-order chi connectivity index (χ0) is 17.6. The zero-order valence-corrected chi connectivity index (χ0v) is 13.2. The number of carbonyl (C=O) groups is 3. The third kappa shape index (κ3) is 2.21. The van der Waals surface area contributed by atoms with Crippen molar-refractivity contribution in [2.45, 2.75) is 6.92 Å². The fourth-order valence-electron chi connectivity index (χ4n) is 2.72. The smallest absolute Gasteiger partial charge is 0.308 e. The number of hydrogen-bond acceptors (Lipinski definition) is 6. The van der Waals surface area contributed by atoms with Crippen molar-refractivity contribution in [2.75, 3.05) is 7.11 Å². The molecule has 24 heavy (non-hydrogen) atoms. The molecule has 0 aliphatic heterocycles. The predicted molar refractivity (Wildman–Crippen MR) is 82.9 cm³/mol. The van der Waals surface area contributed by atoms with E-state index in [4.69, 9.17) is 9.47 Å². The number of pyridine rings is 1. The van der Waals surface area contributed by atoms with Crippen molar-refractivity contribution in [2.24, 2.45) is 7.05 Å². The van der Waals surface area contributed by atoms with E-state index in [0.29, 0.717) is 0 Å². The molecule has 0 radical (unpaired) electrons. The molecule has 0 fully saturated rings. The summed E-state index contributed by atoms with van der Waals surface area (Å²) < 4.78 is 11.2. The van der Waals surface area contributed by atoms with Gasteiger partial charge in [-0.3, -0.25) is 19.2 Å². The van der Waals surface area contributed by atoms with Gasteiger partial charge in [-0.25, -0.2) is 0 Å². The van der Waals surface area contributed by atoms with Crippen LogP contribution in [0.4, 0.5) is 0 Å². The number of esters is 1. The minimum Gasteiger partial charge on any atom is -0.496 e. The van der Waals surface area contributed by atoms with Crippen LogP contribution in [-0.4, -0.2) is 29.2 Å². The van der Waals surface area contributed by atoms with E-state index in [0.717, 1.165) is 10.6 Å². The number of ether oxygens (including phenoxy) is 2. The predicted octanol–water partition coefficient (Wildman–Crippen LogP) is 1.09. The van der Waals surface area contributed by atoms with Crippen LogP contribution < -0.4 is 15.0 Å². The molecule has 7 nitrogen and oxygen atoms in total. The molecule has 0 saturated carbocycles. The van der Waals surface area contributed by atoms with E-state index >= 15 is 0 Å². The summed E-state index contributed by atoms with van der Waals surface area (Å²) in [7, 11) is 2.74. The lowest BCUT2D eigenvalue weighted by molar-refractivity contribution is -0.131. The molecule has 0 saturated heterocycles. The van der Waals surface area contributed by atoms with E-state index < -0.39 is 23.1 Å². The summed E-state index contributed by atoms with van der Waals surface area (Å²) in [5, 5.41) is 0. The largest absolute Gasteiger partial charge is 0.496 e. The van der Waals surface area contributed by atoms with Gasteiger partial charge in [-0.1, -0.05) is 0 Å². The number of nitrogens with zero attached hydrogens (tertiary/aromatic N) is 1. The van der Waals surface area contributed by atoms with Gasteiger partial charge in [0.2, 0.25) is 5.78 Å². The Bertz CT molecular complexity index is 970. The highest BCUT2D eigenvalue weighted by molar-refractivity contribution is 6.28. The first kappa shape index (κ1) is 15.7. The van der Waals surface area contributed by atoms with Crippen LogP contribution in [0.3, 0.4) is 0 Å². The fraction of sp³-hybridized carbons (Fsp3) is 0.176. The molecule has 0 bridgehead atoms. The molecule has 1 aromatic carbocycles. The van der Waals surface area contributed by atoms with Crippen molar-refractivity contribution in [1.82, 2.24) is 4.57 Å². The average Bonchev–Trinajstić information content (AvgIpc) is 2.54. The number of ketones is 2. The van der Waals surface area contributed by atoms with Crippen LogP contribution in [0.15, 0.2) is 29.1 Å². The van der Waals surface area contributed by atoms with Gasteiger partial charge in [-0.15, -0.1) is 0 Å². The first-order valence-electron chi connectivity index (χ1n) is 7.05. The number of aromatic nitrogens is 1. The van der Waals surface area contributed by atoms with Crippen molar-refractivity contribution in [3.05, 3.63) is 57.0 Å². The van der Waals surface area contributed by atoms with Gasteiger partial charge < -0.3 is 14.0 Å². The maximum absolute atomic E-state index is 12.8. The van der Waals surface area contributed by atoms with E-state index in [1.807, 2.05) is 0 Å². The summed E-state index contributed by atoms with van der Waals surface area (Å²) in [4.78, 5) is 48.6. The number of carbonyl (C=O) groups excluding carboxylic acids is 3. The van der Waals surface area contributed by atoms with Crippen molar-refractivity contribution >= 4 is 17.5 Å². The number of benzene rings is 1. The number of hydrogen-bond donors (Lipinski definition) is 0. The molecule has 0 amide bonds. The highest BCUT2D eigenvalue weighted by Gasteiger charge is 2.35. The highest BCUT2D eigenvalue weighted by atomic mass is 16.5. The van der Waals surface area contributed by atoms with Gasteiger partial charge in [0.15, 0.2) is 5.78 Å². The molecule has 1 aliphatic carbocycles. The van der Waals surface area contributed by atoms with Crippen molar-refractivity contribution in [3.63, 3.8) is 0 Å². The Kier molecular flexibility index (Phi) is 3.56. The van der Waals surface area contributed by atoms with Gasteiger partial charge in [0.05, 0.1) is 12.7 Å². The molecule has 1 aliphatic rings. The minimum atomic E-state index is -0.537. The molecule has 0 atom stereocenters. The minimum absolute atomic E-state index is 0.0166. The molecule has 3 rings (SSSR count). The molecular weight excluding hydrogens is 314 g/mol. The summed E-state index contributed by atoms with van der Waals surface area (Å²) in [6, 6.07) is 5.32. The summed E-state index contributed by atoms with van der Waals surface area (Å²) in [5.41, 5.74) is -0.198. The van der Waals surface area contributed by atoms with Gasteiger partial charge in [0.1, 0.15) is 17.2 Å². The summed E-state index contributed by atoms with van der Waals surface area (Å²) in [6.07, 6.45) is 0. The molecule has 1 heterocycles. The van der Waals surface area contributed by atoms with Gasteiger partial charge in [-0.2, -0.15) is 0 Å². The van der Waals surface area contributed by atoms with E-state index in [1.54, 1.807) is 0 Å². The van der Waals surface area contributed by atoms with Gasteiger partial charge >= 0.3 is 5.97 Å². The van der Waals surface area contributed by atoms with Crippen LogP contribution >= 0.6 is 0 Å². The Balaban J connectivity index is 2.28. The van der Waals surface area contributed by atoms with E-state index in [1.165, 1.54) is 39.3 Å². The van der Waals surface area contributed by atoms with Crippen molar-refractivity contribution < 1.29 is 23.9 Å². The normalized spacial score (nSPS) is 12.5. The van der Waals surface area contributed by atoms with Crippen LogP contribution in [0, 0.1) is 0 Å². The summed E-state index contributed by atoms with van der Waals surface area (Å²) in [5.74, 6) is -1.27. The van der Waals surface area contributed by atoms with Gasteiger partial charge in [0, 0.05) is 31.2 Å². The van der Waals surface area contributed by atoms with Crippen molar-refractivity contribution in [3.8, 4) is 11.5 Å². The van der Waals surface area contributed by atoms with Crippen molar-refractivity contribution in [1.29, 1.82) is 0 Å². The lowest BCUT2D eigenvalue weighted by Crippen LogP contribution is -2.31. The Morgan fingerprint density at radius 1 is 1.04 bits per heavy atom. The summed E-state index contributed by atoms with van der Waals surface area (Å²) in [6.45, 7) is 1.24. The Morgan fingerprint density at radius 2 is 1.75 bits per heavy atom. The highest BCUT2D eigenvalue weighted by Crippen LogP contribution is 2.33. The monoisotopic (exact) mass is 327 g/mol. The number of methoxy groups -OCH3 is 1. The van der Waals surface area contributed by atoms with Crippen LogP contribution in [-0.2, 0) is 11.8 Å². The maximum Gasteiger partial charge on any atom is 0.308 e. The topological polar surface area (TPSA) is 91.7 Å². The Labute approximate surface area is 136 Å². The van der Waals surface area contributed by atoms with E-state index in [2.05, 4.69) is 0 Å². The average molecular weight is 327 g/mol. The Morgan fingerprint density at radius 3 is 2.38 bits per heavy atom. The molecule has 7 heteroatoms. The summed E-state index contributed by atoms with van der Waals surface area (Å²) >= 11 is 0. The lowest BCUT2D eigenvalue weighted by atomic mass is 9.86. The van der Waals surface area contributed by atoms with Crippen LogP contribution in [0.2, 0.25) is 0 Å². The molecule has 1 aromatic heterocycles. The molecular formula is C17H13NO6. The number of rotatable bonds is 2. The zero-order valence-electron chi connectivity index (χ0n) is 13.2. The number of fused-ring (bicyclic) bond motifs is 2. The quantitative estimate of drug-likeness (QED) is 0.517. The van der Waals surface area contributed by atoms with E-state index in [-0.39, 0.29) is 33.9 Å². The molecule has 0 N–H and O–H groups in total. The lowest BCUT2D eigenvalue weighted by Gasteiger charge is -2.21. The third-order valence-corrected chi connectivity index (χ3v) is 3.81. The SMILES string of the molecule is COc1cc(=O)n(C)c2c1C(=O)c1cc(OC(C)=O)ccc1C2=O. The van der Waals surface area contributed by atoms with E-state index in [9.17, 15) is 19.2 Å². The molecule has 122 valence electrons. The van der Waals surface area contributed by atoms with Gasteiger partial charge in [-0.05, 0) is 18.2 Å². The first-order chi connectivity index (χ1) is 11.3. The maximum atomic E-state index is 12.8. The first-order valence-corrected chi connectivity index (χ1v) is 7.05. The second-order valence-corrected chi connectivity index (χ2v) is 5.29. The van der Waals surface area contributed by atoms with Gasteiger partial charge in [0.25, 0.3) is 5.56 Å². The standard InChI is InChI=1S/C17H13NO6/c1-8(19)24-9-4-5-10-11(6-9)16(21)14-12(23-3)7-13(20)18(2)15(14)17(10)22/h4-7H,1-3H3. The fourth-order valence-corrected chi connectivity index (χ4v) is 2.72. The Hall–Kier alpha value is -3.22. The van der Waals surface area contributed by atoms with Crippen LogP contribution in [0.1, 0.15) is 38.9 Å². The second kappa shape index (κ2) is 5.45. The van der Waals surface area contributed by atoms with Crippen LogP contribution in [0.25, 0.3) is 0 Å². The molecule has 0 unspecified atom stereocenters. The third-order valence-electron chi connectivity index (χ3n) is 3.81. The molecule has 0 spiro atoms. The van der Waals surface area contributed by atoms with Crippen LogP contribution in [0.5, 0.6) is 11.5 Å².